The summed E-state index contributed by atoms with van der Waals surface area (Å²) in [5.41, 5.74) is 1.91. The monoisotopic (exact) mass is 480 g/mol. The zero-order valence-electron chi connectivity index (χ0n) is 18.9. The predicted molar refractivity (Wildman–Crippen MR) is 119 cm³/mol. The highest BCUT2D eigenvalue weighted by Crippen LogP contribution is 2.34. The van der Waals surface area contributed by atoms with Gasteiger partial charge in [-0.15, -0.1) is 5.10 Å². The summed E-state index contributed by atoms with van der Waals surface area (Å²) in [6, 6.07) is 4.30. The number of hydrogen-bond acceptors (Lipinski definition) is 7. The van der Waals surface area contributed by atoms with E-state index in [1.165, 1.54) is 24.7 Å². The molecule has 1 aromatic carbocycles. The van der Waals surface area contributed by atoms with Crippen LogP contribution in [0.3, 0.4) is 0 Å². The van der Waals surface area contributed by atoms with Crippen LogP contribution in [0.4, 0.5) is 14.5 Å². The second-order valence-corrected chi connectivity index (χ2v) is 8.61. The first-order valence-corrected chi connectivity index (χ1v) is 11.1. The summed E-state index contributed by atoms with van der Waals surface area (Å²) in [5, 5.41) is 10.6. The highest BCUT2D eigenvalue weighted by Gasteiger charge is 2.36. The number of carbonyl (C=O) groups is 1. The minimum Gasteiger partial charge on any atom is -0.371 e. The maximum absolute atomic E-state index is 14.4. The summed E-state index contributed by atoms with van der Waals surface area (Å²) >= 11 is 0. The number of amides is 1. The number of aromatic nitrogens is 5. The topological polar surface area (TPSA) is 93.6 Å². The van der Waals surface area contributed by atoms with Crippen LogP contribution in [0.1, 0.15) is 22.8 Å². The Bertz CT molecular complexity index is 1290. The number of piperazine rings is 1. The first kappa shape index (κ1) is 22.9. The van der Waals surface area contributed by atoms with Crippen molar-refractivity contribution in [3.05, 3.63) is 70.5 Å². The average Bonchev–Trinajstić information content (AvgIpc) is 3.38. The molecule has 2 fully saturated rings. The number of nitrogens with zero attached hydrogens (tertiary/aromatic N) is 8. The van der Waals surface area contributed by atoms with E-state index < -0.39 is 11.6 Å². The number of tetrazole rings is 1. The van der Waals surface area contributed by atoms with Crippen LogP contribution in [0, 0.1) is 25.1 Å². The van der Waals surface area contributed by atoms with E-state index >= 15 is 0 Å². The van der Waals surface area contributed by atoms with Crippen LogP contribution in [-0.4, -0.2) is 79.7 Å². The van der Waals surface area contributed by atoms with E-state index in [2.05, 4.69) is 30.3 Å². The number of rotatable bonds is 4. The molecule has 2 aliphatic rings. The van der Waals surface area contributed by atoms with Crippen LogP contribution in [0.15, 0.2) is 30.7 Å². The van der Waals surface area contributed by atoms with E-state index in [1.54, 1.807) is 17.9 Å². The van der Waals surface area contributed by atoms with Gasteiger partial charge in [0.2, 0.25) is 11.6 Å². The van der Waals surface area contributed by atoms with Gasteiger partial charge in [0, 0.05) is 32.4 Å². The fraction of sp³-hybridized carbons (Fsp3) is 0.391. The number of hydrogen-bond donors (Lipinski definition) is 0. The smallest absolute Gasteiger partial charge is 0.227 e. The molecule has 1 amide bonds. The van der Waals surface area contributed by atoms with Gasteiger partial charge in [0.15, 0.2) is 11.6 Å². The van der Waals surface area contributed by atoms with Gasteiger partial charge in [0.1, 0.15) is 12.1 Å². The lowest BCUT2D eigenvalue weighted by atomic mass is 9.98. The highest BCUT2D eigenvalue weighted by molar-refractivity contribution is 5.79. The summed E-state index contributed by atoms with van der Waals surface area (Å²) in [7, 11) is 0. The third kappa shape index (κ3) is 4.48. The van der Waals surface area contributed by atoms with Gasteiger partial charge in [-0.2, -0.15) is 4.68 Å². The van der Waals surface area contributed by atoms with Crippen molar-refractivity contribution in [2.75, 3.05) is 32.8 Å². The molecule has 0 unspecified atom stereocenters. The minimum atomic E-state index is -0.614. The SMILES string of the molecule is [C-]#[N+]c1c(F)ccc([C@H]2CN3CCN(C(=O)Cc4cnc(-n5cnnn5)c(F)c4)C[C@H]3CO2)c1C. The van der Waals surface area contributed by atoms with Crippen LogP contribution in [-0.2, 0) is 16.0 Å². The Morgan fingerprint density at radius 2 is 2.11 bits per heavy atom. The molecule has 0 bridgehead atoms. The molecule has 12 heteroatoms. The Kier molecular flexibility index (Phi) is 6.19. The number of pyridine rings is 1. The molecular formula is C23H22F2N8O2. The lowest BCUT2D eigenvalue weighted by Gasteiger charge is -2.46. The van der Waals surface area contributed by atoms with E-state index in [9.17, 15) is 13.6 Å². The van der Waals surface area contributed by atoms with E-state index in [0.717, 1.165) is 10.2 Å². The maximum Gasteiger partial charge on any atom is 0.227 e. The minimum absolute atomic E-state index is 0.0283. The lowest BCUT2D eigenvalue weighted by molar-refractivity contribution is -0.139. The molecule has 4 heterocycles. The number of benzene rings is 1. The Labute approximate surface area is 199 Å². The van der Waals surface area contributed by atoms with Crippen molar-refractivity contribution in [1.82, 2.24) is 35.0 Å². The molecule has 2 saturated heterocycles. The summed E-state index contributed by atoms with van der Waals surface area (Å²) in [5.74, 6) is -1.29. The molecular weight excluding hydrogens is 458 g/mol. The third-order valence-corrected chi connectivity index (χ3v) is 6.53. The van der Waals surface area contributed by atoms with Crippen molar-refractivity contribution in [3.8, 4) is 5.82 Å². The van der Waals surface area contributed by atoms with Gasteiger partial charge < -0.3 is 9.64 Å². The molecule has 2 aromatic heterocycles. The zero-order chi connectivity index (χ0) is 24.5. The third-order valence-electron chi connectivity index (χ3n) is 6.53. The quantitative estimate of drug-likeness (QED) is 0.528. The Hall–Kier alpha value is -3.82. The summed E-state index contributed by atoms with van der Waals surface area (Å²) < 4.78 is 35.5. The molecule has 5 rings (SSSR count). The van der Waals surface area contributed by atoms with Crippen LogP contribution >= 0.6 is 0 Å². The molecule has 2 atom stereocenters. The van der Waals surface area contributed by atoms with Crippen LogP contribution < -0.4 is 0 Å². The lowest BCUT2D eigenvalue weighted by Crippen LogP contribution is -2.59. The fourth-order valence-corrected chi connectivity index (χ4v) is 4.65. The number of morpholine rings is 1. The van der Waals surface area contributed by atoms with Crippen molar-refractivity contribution >= 4 is 11.6 Å². The Morgan fingerprint density at radius 3 is 2.86 bits per heavy atom. The van der Waals surface area contributed by atoms with Gasteiger partial charge in [-0.05, 0) is 46.2 Å². The van der Waals surface area contributed by atoms with Gasteiger partial charge in [-0.3, -0.25) is 9.69 Å². The van der Waals surface area contributed by atoms with Crippen molar-refractivity contribution in [1.29, 1.82) is 0 Å². The van der Waals surface area contributed by atoms with Crippen molar-refractivity contribution in [2.24, 2.45) is 0 Å². The number of ether oxygens (including phenoxy) is 1. The fourth-order valence-electron chi connectivity index (χ4n) is 4.65. The summed E-state index contributed by atoms with van der Waals surface area (Å²) in [6.45, 7) is 11.7. The second-order valence-electron chi connectivity index (χ2n) is 8.61. The van der Waals surface area contributed by atoms with E-state index in [0.29, 0.717) is 43.9 Å². The van der Waals surface area contributed by atoms with E-state index in [4.69, 9.17) is 11.3 Å². The number of carbonyl (C=O) groups excluding carboxylic acids is 1. The molecule has 0 saturated carbocycles. The van der Waals surface area contributed by atoms with Crippen molar-refractivity contribution in [3.63, 3.8) is 0 Å². The molecule has 0 N–H and O–H groups in total. The molecule has 35 heavy (non-hydrogen) atoms. The van der Waals surface area contributed by atoms with Crippen molar-refractivity contribution < 1.29 is 18.3 Å². The first-order valence-electron chi connectivity index (χ1n) is 11.1. The van der Waals surface area contributed by atoms with Crippen LogP contribution in [0.5, 0.6) is 0 Å². The molecule has 2 aliphatic heterocycles. The van der Waals surface area contributed by atoms with Gasteiger partial charge in [-0.25, -0.2) is 18.6 Å². The molecule has 180 valence electrons. The summed E-state index contributed by atoms with van der Waals surface area (Å²) in [6.07, 6.45) is 2.46. The van der Waals surface area contributed by atoms with E-state index in [-0.39, 0.29) is 36.0 Å². The zero-order valence-corrected chi connectivity index (χ0v) is 18.9. The van der Waals surface area contributed by atoms with Crippen molar-refractivity contribution in [2.45, 2.75) is 25.5 Å². The molecule has 0 radical (unpaired) electrons. The van der Waals surface area contributed by atoms with Gasteiger partial charge in [0.25, 0.3) is 0 Å². The molecule has 0 aliphatic carbocycles. The van der Waals surface area contributed by atoms with Crippen LogP contribution in [0.25, 0.3) is 10.7 Å². The number of fused-ring (bicyclic) bond motifs is 1. The standard InChI is InChI=1S/C23H22F2N8O2/c1-14-17(3-4-18(24)22(14)26-2)20-11-31-5-6-32(10-16(31)12-35-20)21(34)8-15-7-19(25)23(27-9-15)33-13-28-29-30-33/h3-4,7,9,13,16,20H,5-6,8,10-12H2,1H3/t16-,20+/m0/s1. The molecule has 3 aromatic rings. The average molecular weight is 480 g/mol. The highest BCUT2D eigenvalue weighted by atomic mass is 19.1. The first-order chi connectivity index (χ1) is 16.9. The molecule has 10 nitrogen and oxygen atoms in total. The van der Waals surface area contributed by atoms with Gasteiger partial charge in [0.05, 0.1) is 31.7 Å². The maximum atomic E-state index is 14.4. The largest absolute Gasteiger partial charge is 0.371 e. The predicted octanol–water partition coefficient (Wildman–Crippen LogP) is 2.02. The van der Waals surface area contributed by atoms with Gasteiger partial charge in [-0.1, -0.05) is 6.07 Å². The Morgan fingerprint density at radius 1 is 1.26 bits per heavy atom. The molecule has 0 spiro atoms. The number of halogens is 2. The second kappa shape index (κ2) is 9.44. The Balaban J connectivity index is 1.21. The van der Waals surface area contributed by atoms with Crippen LogP contribution in [0.2, 0.25) is 0 Å². The summed E-state index contributed by atoms with van der Waals surface area (Å²) in [4.78, 5) is 24.3. The normalized spacial score (nSPS) is 20.3. The van der Waals surface area contributed by atoms with Gasteiger partial charge >= 0.3 is 0 Å². The van der Waals surface area contributed by atoms with E-state index in [1.807, 2.05) is 0 Å².